The van der Waals surface area contributed by atoms with E-state index < -0.39 is 0 Å². The molecule has 1 saturated heterocycles. The first-order valence-electron chi connectivity index (χ1n) is 7.94. The Bertz CT molecular complexity index is 920. The van der Waals surface area contributed by atoms with Gasteiger partial charge in [-0.15, -0.1) is 0 Å². The molecule has 1 aliphatic rings. The normalized spacial score (nSPS) is 17.6. The standard InChI is InChI=1S/C18H17BrN4O/c1-22-16-10-20-7-5-15(16)21-17(22)13-6-8-23(11-13)18(24)12-3-2-4-14(19)9-12/h2-5,7,9-10,13H,6,8,11H2,1H3/t13-/m0/s1. The van der Waals surface area contributed by atoms with Gasteiger partial charge in [-0.2, -0.15) is 0 Å². The van der Waals surface area contributed by atoms with Crippen LogP contribution in [-0.4, -0.2) is 38.4 Å². The molecule has 1 fully saturated rings. The van der Waals surface area contributed by atoms with Crippen molar-refractivity contribution in [2.45, 2.75) is 12.3 Å². The van der Waals surface area contributed by atoms with Crippen LogP contribution < -0.4 is 0 Å². The number of carbonyl (C=O) groups excluding carboxylic acids is 1. The highest BCUT2D eigenvalue weighted by Gasteiger charge is 2.30. The lowest BCUT2D eigenvalue weighted by atomic mass is 10.1. The molecule has 0 radical (unpaired) electrons. The van der Waals surface area contributed by atoms with Gasteiger partial charge in [0, 0.05) is 42.3 Å². The number of likely N-dealkylation sites (tertiary alicyclic amines) is 1. The Hall–Kier alpha value is -2.21. The van der Waals surface area contributed by atoms with Crippen molar-refractivity contribution in [3.05, 3.63) is 58.6 Å². The third-order valence-electron chi connectivity index (χ3n) is 4.63. The maximum Gasteiger partial charge on any atom is 0.253 e. The summed E-state index contributed by atoms with van der Waals surface area (Å²) in [7, 11) is 2.02. The lowest BCUT2D eigenvalue weighted by Gasteiger charge is -2.16. The molecule has 3 heterocycles. The van der Waals surface area contributed by atoms with Crippen LogP contribution in [0.4, 0.5) is 0 Å². The van der Waals surface area contributed by atoms with Gasteiger partial charge in [-0.25, -0.2) is 4.98 Å². The molecule has 0 bridgehead atoms. The molecule has 0 unspecified atom stereocenters. The quantitative estimate of drug-likeness (QED) is 0.680. The number of aryl methyl sites for hydroxylation is 1. The van der Waals surface area contributed by atoms with Gasteiger partial charge in [0.15, 0.2) is 0 Å². The van der Waals surface area contributed by atoms with Gasteiger partial charge in [-0.05, 0) is 30.7 Å². The second-order valence-electron chi connectivity index (χ2n) is 6.14. The molecule has 0 saturated carbocycles. The molecule has 24 heavy (non-hydrogen) atoms. The minimum absolute atomic E-state index is 0.0826. The maximum atomic E-state index is 12.7. The molecule has 0 N–H and O–H groups in total. The molecule has 1 aromatic carbocycles. The van der Waals surface area contributed by atoms with Crippen LogP contribution >= 0.6 is 15.9 Å². The first-order valence-corrected chi connectivity index (χ1v) is 8.74. The van der Waals surface area contributed by atoms with Gasteiger partial charge in [0.1, 0.15) is 5.82 Å². The van der Waals surface area contributed by atoms with Crippen LogP contribution in [0.3, 0.4) is 0 Å². The Balaban J connectivity index is 1.57. The van der Waals surface area contributed by atoms with Gasteiger partial charge in [-0.3, -0.25) is 9.78 Å². The lowest BCUT2D eigenvalue weighted by molar-refractivity contribution is 0.0790. The van der Waals surface area contributed by atoms with Crippen LogP contribution in [0, 0.1) is 0 Å². The molecule has 0 aliphatic carbocycles. The number of hydrogen-bond acceptors (Lipinski definition) is 3. The summed E-state index contributed by atoms with van der Waals surface area (Å²) in [5.41, 5.74) is 2.71. The zero-order valence-corrected chi connectivity index (χ0v) is 14.9. The van der Waals surface area contributed by atoms with Crippen LogP contribution in [0.2, 0.25) is 0 Å². The summed E-state index contributed by atoms with van der Waals surface area (Å²) in [6.45, 7) is 1.47. The summed E-state index contributed by atoms with van der Waals surface area (Å²) in [4.78, 5) is 23.5. The van der Waals surface area contributed by atoms with Crippen LogP contribution in [0.1, 0.15) is 28.5 Å². The van der Waals surface area contributed by atoms with E-state index in [0.717, 1.165) is 39.9 Å². The monoisotopic (exact) mass is 384 g/mol. The molecule has 2 aromatic heterocycles. The van der Waals surface area contributed by atoms with Gasteiger partial charge in [0.25, 0.3) is 5.91 Å². The highest BCUT2D eigenvalue weighted by molar-refractivity contribution is 9.10. The third kappa shape index (κ3) is 2.60. The molecule has 1 atom stereocenters. The van der Waals surface area contributed by atoms with Gasteiger partial charge < -0.3 is 9.47 Å². The third-order valence-corrected chi connectivity index (χ3v) is 5.12. The molecule has 0 spiro atoms. The number of imidazole rings is 1. The van der Waals surface area contributed by atoms with Crippen molar-refractivity contribution in [1.82, 2.24) is 19.4 Å². The van der Waals surface area contributed by atoms with Crippen LogP contribution in [-0.2, 0) is 7.05 Å². The average molecular weight is 385 g/mol. The Morgan fingerprint density at radius 2 is 2.21 bits per heavy atom. The van der Waals surface area contributed by atoms with Crippen molar-refractivity contribution in [2.24, 2.45) is 7.05 Å². The summed E-state index contributed by atoms with van der Waals surface area (Å²) in [5.74, 6) is 1.38. The van der Waals surface area contributed by atoms with Crippen LogP contribution in [0.15, 0.2) is 47.2 Å². The predicted octanol–water partition coefficient (Wildman–Crippen LogP) is 3.36. The molecule has 1 aliphatic heterocycles. The highest BCUT2D eigenvalue weighted by atomic mass is 79.9. The number of pyridine rings is 1. The largest absolute Gasteiger partial charge is 0.338 e. The summed E-state index contributed by atoms with van der Waals surface area (Å²) in [6.07, 6.45) is 4.53. The van der Waals surface area contributed by atoms with E-state index >= 15 is 0 Å². The molecule has 5 nitrogen and oxygen atoms in total. The van der Waals surface area contributed by atoms with Gasteiger partial charge in [0.05, 0.1) is 17.2 Å². The number of rotatable bonds is 2. The fourth-order valence-electron chi connectivity index (χ4n) is 3.38. The molecule has 3 aromatic rings. The molecular formula is C18H17BrN4O. The number of halogens is 1. The van der Waals surface area contributed by atoms with Crippen LogP contribution in [0.5, 0.6) is 0 Å². The average Bonchev–Trinajstić information content (AvgIpc) is 3.20. The van der Waals surface area contributed by atoms with E-state index in [0.29, 0.717) is 6.54 Å². The summed E-state index contributed by atoms with van der Waals surface area (Å²) < 4.78 is 3.02. The summed E-state index contributed by atoms with van der Waals surface area (Å²) in [5, 5.41) is 0. The Labute approximate surface area is 148 Å². The first kappa shape index (κ1) is 15.3. The van der Waals surface area contributed by atoms with Crippen molar-refractivity contribution in [3.63, 3.8) is 0 Å². The van der Waals surface area contributed by atoms with Crippen molar-refractivity contribution in [2.75, 3.05) is 13.1 Å². The topological polar surface area (TPSA) is 51.0 Å². The number of nitrogens with zero attached hydrogens (tertiary/aromatic N) is 4. The van der Waals surface area contributed by atoms with Crippen molar-refractivity contribution < 1.29 is 4.79 Å². The minimum Gasteiger partial charge on any atom is -0.338 e. The summed E-state index contributed by atoms with van der Waals surface area (Å²) in [6, 6.07) is 9.48. The Morgan fingerprint density at radius 1 is 1.33 bits per heavy atom. The van der Waals surface area contributed by atoms with E-state index in [1.807, 2.05) is 48.5 Å². The van der Waals surface area contributed by atoms with E-state index in [2.05, 4.69) is 25.5 Å². The molecular weight excluding hydrogens is 368 g/mol. The second kappa shape index (κ2) is 6.02. The van der Waals surface area contributed by atoms with Gasteiger partial charge >= 0.3 is 0 Å². The zero-order chi connectivity index (χ0) is 16.7. The number of hydrogen-bond donors (Lipinski definition) is 0. The number of aromatic nitrogens is 3. The number of fused-ring (bicyclic) bond motifs is 1. The fraction of sp³-hybridized carbons (Fsp3) is 0.278. The highest BCUT2D eigenvalue weighted by Crippen LogP contribution is 2.29. The van der Waals surface area contributed by atoms with Crippen LogP contribution in [0.25, 0.3) is 11.0 Å². The van der Waals surface area contributed by atoms with E-state index in [4.69, 9.17) is 4.98 Å². The first-order chi connectivity index (χ1) is 11.6. The smallest absolute Gasteiger partial charge is 0.253 e. The predicted molar refractivity (Wildman–Crippen MR) is 95.9 cm³/mol. The van der Waals surface area contributed by atoms with Gasteiger partial charge in [0.2, 0.25) is 0 Å². The number of carbonyl (C=O) groups is 1. The van der Waals surface area contributed by atoms with E-state index in [-0.39, 0.29) is 11.8 Å². The van der Waals surface area contributed by atoms with E-state index in [9.17, 15) is 4.79 Å². The lowest BCUT2D eigenvalue weighted by Crippen LogP contribution is -2.28. The fourth-order valence-corrected chi connectivity index (χ4v) is 3.78. The van der Waals surface area contributed by atoms with Gasteiger partial charge in [-0.1, -0.05) is 22.0 Å². The Kier molecular flexibility index (Phi) is 3.84. The molecule has 4 rings (SSSR count). The van der Waals surface area contributed by atoms with Crippen molar-refractivity contribution >= 4 is 32.9 Å². The Morgan fingerprint density at radius 3 is 3.00 bits per heavy atom. The number of amides is 1. The minimum atomic E-state index is 0.0826. The number of benzene rings is 1. The SMILES string of the molecule is Cn1c([C@H]2CCN(C(=O)c3cccc(Br)c3)C2)nc2ccncc21. The molecule has 6 heteroatoms. The molecule has 1 amide bonds. The molecule has 122 valence electrons. The van der Waals surface area contributed by atoms with Crippen molar-refractivity contribution in [3.8, 4) is 0 Å². The van der Waals surface area contributed by atoms with Crippen molar-refractivity contribution in [1.29, 1.82) is 0 Å². The maximum absolute atomic E-state index is 12.7. The second-order valence-corrected chi connectivity index (χ2v) is 7.06. The van der Waals surface area contributed by atoms with E-state index in [1.54, 1.807) is 6.20 Å². The zero-order valence-electron chi connectivity index (χ0n) is 13.3. The van der Waals surface area contributed by atoms with E-state index in [1.165, 1.54) is 0 Å². The summed E-state index contributed by atoms with van der Waals surface area (Å²) >= 11 is 3.43.